The quantitative estimate of drug-likeness (QED) is 0.707. The van der Waals surface area contributed by atoms with Crippen molar-refractivity contribution in [3.63, 3.8) is 0 Å². The molecule has 1 saturated carbocycles. The van der Waals surface area contributed by atoms with Crippen molar-refractivity contribution >= 4 is 0 Å². The number of nitrogens with zero attached hydrogens (tertiary/aromatic N) is 1. The summed E-state index contributed by atoms with van der Waals surface area (Å²) in [6.45, 7) is 3.28. The van der Waals surface area contributed by atoms with Crippen LogP contribution in [0.25, 0.3) is 0 Å². The van der Waals surface area contributed by atoms with Gasteiger partial charge in [-0.2, -0.15) is 5.06 Å². The number of hydroxylamine groups is 2. The Labute approximate surface area is 93.9 Å². The van der Waals surface area contributed by atoms with Crippen molar-refractivity contribution in [1.29, 1.82) is 0 Å². The Hall–Kier alpha value is -0.0800. The van der Waals surface area contributed by atoms with Gasteiger partial charge in [-0.25, -0.2) is 0 Å². The summed E-state index contributed by atoms with van der Waals surface area (Å²) in [5, 5.41) is 2.19. The minimum absolute atomic E-state index is 0.962. The lowest BCUT2D eigenvalue weighted by atomic mass is 9.87. The van der Waals surface area contributed by atoms with E-state index in [2.05, 4.69) is 5.06 Å². The third-order valence-electron chi connectivity index (χ3n) is 3.84. The second-order valence-electron chi connectivity index (χ2n) is 5.12. The Morgan fingerprint density at radius 2 is 1.53 bits per heavy atom. The van der Waals surface area contributed by atoms with Gasteiger partial charge in [0.05, 0.1) is 6.61 Å². The van der Waals surface area contributed by atoms with Gasteiger partial charge in [-0.15, -0.1) is 0 Å². The van der Waals surface area contributed by atoms with Crippen LogP contribution in [0.4, 0.5) is 0 Å². The Morgan fingerprint density at radius 1 is 0.867 bits per heavy atom. The standard InChI is InChI=1S/C13H25NO/c1-3-7-13(8-4-1)9-12-15-14-10-5-2-6-11-14/h13H,1-12H2. The summed E-state index contributed by atoms with van der Waals surface area (Å²) in [6.07, 6.45) is 12.6. The van der Waals surface area contributed by atoms with Gasteiger partial charge in [-0.1, -0.05) is 38.5 Å². The highest BCUT2D eigenvalue weighted by Gasteiger charge is 2.15. The van der Waals surface area contributed by atoms with Crippen molar-refractivity contribution in [3.05, 3.63) is 0 Å². The molecule has 88 valence electrons. The largest absolute Gasteiger partial charge is 0.299 e. The fourth-order valence-electron chi connectivity index (χ4n) is 2.82. The normalized spacial score (nSPS) is 25.6. The van der Waals surface area contributed by atoms with Crippen molar-refractivity contribution in [2.75, 3.05) is 19.7 Å². The lowest BCUT2D eigenvalue weighted by molar-refractivity contribution is -0.171. The zero-order valence-electron chi connectivity index (χ0n) is 9.92. The molecule has 2 rings (SSSR count). The van der Waals surface area contributed by atoms with Crippen LogP contribution in [-0.4, -0.2) is 24.8 Å². The first-order valence-corrected chi connectivity index (χ1v) is 6.83. The number of hydrogen-bond acceptors (Lipinski definition) is 2. The minimum Gasteiger partial charge on any atom is -0.299 e. The van der Waals surface area contributed by atoms with E-state index >= 15 is 0 Å². The second kappa shape index (κ2) is 6.49. The molecule has 0 unspecified atom stereocenters. The highest BCUT2D eigenvalue weighted by Crippen LogP contribution is 2.26. The first-order chi connectivity index (χ1) is 7.45. The molecular formula is C13H25NO. The fraction of sp³-hybridized carbons (Fsp3) is 1.00. The molecule has 2 aliphatic rings. The van der Waals surface area contributed by atoms with Gasteiger partial charge in [0, 0.05) is 13.1 Å². The van der Waals surface area contributed by atoms with Crippen LogP contribution in [0.5, 0.6) is 0 Å². The van der Waals surface area contributed by atoms with Gasteiger partial charge in [0.25, 0.3) is 0 Å². The average molecular weight is 211 g/mol. The molecule has 1 saturated heterocycles. The predicted octanol–water partition coefficient (Wildman–Crippen LogP) is 3.37. The van der Waals surface area contributed by atoms with Gasteiger partial charge >= 0.3 is 0 Å². The van der Waals surface area contributed by atoms with Gasteiger partial charge in [0.1, 0.15) is 0 Å². The molecule has 0 amide bonds. The summed E-state index contributed by atoms with van der Waals surface area (Å²) in [5.41, 5.74) is 0. The molecule has 1 aliphatic heterocycles. The van der Waals surface area contributed by atoms with Crippen molar-refractivity contribution in [1.82, 2.24) is 5.06 Å². The monoisotopic (exact) mass is 211 g/mol. The Balaban J connectivity index is 1.53. The average Bonchev–Trinajstić information content (AvgIpc) is 2.32. The molecule has 0 aromatic heterocycles. The molecule has 1 heterocycles. The third-order valence-corrected chi connectivity index (χ3v) is 3.84. The Kier molecular flexibility index (Phi) is 4.94. The predicted molar refractivity (Wildman–Crippen MR) is 62.6 cm³/mol. The summed E-state index contributed by atoms with van der Waals surface area (Å²) in [7, 11) is 0. The van der Waals surface area contributed by atoms with Crippen LogP contribution in [0, 0.1) is 5.92 Å². The summed E-state index contributed by atoms with van der Waals surface area (Å²) in [6, 6.07) is 0. The van der Waals surface area contributed by atoms with Gasteiger partial charge in [-0.05, 0) is 25.2 Å². The molecule has 2 heteroatoms. The molecule has 15 heavy (non-hydrogen) atoms. The zero-order valence-corrected chi connectivity index (χ0v) is 9.92. The Bertz CT molecular complexity index is 142. The van der Waals surface area contributed by atoms with Crippen molar-refractivity contribution < 1.29 is 4.84 Å². The highest BCUT2D eigenvalue weighted by atomic mass is 16.7. The number of hydrogen-bond donors (Lipinski definition) is 0. The van der Waals surface area contributed by atoms with E-state index in [0.29, 0.717) is 0 Å². The van der Waals surface area contributed by atoms with E-state index in [1.807, 2.05) is 0 Å². The van der Waals surface area contributed by atoms with E-state index in [1.165, 1.54) is 57.8 Å². The van der Waals surface area contributed by atoms with Crippen molar-refractivity contribution in [3.8, 4) is 0 Å². The first-order valence-electron chi connectivity index (χ1n) is 6.83. The van der Waals surface area contributed by atoms with Gasteiger partial charge in [0.2, 0.25) is 0 Å². The van der Waals surface area contributed by atoms with E-state index in [4.69, 9.17) is 4.84 Å². The molecule has 0 aromatic rings. The summed E-state index contributed by atoms with van der Waals surface area (Å²) in [4.78, 5) is 5.82. The van der Waals surface area contributed by atoms with Crippen LogP contribution in [0.1, 0.15) is 57.8 Å². The van der Waals surface area contributed by atoms with Gasteiger partial charge < -0.3 is 0 Å². The van der Waals surface area contributed by atoms with Crippen LogP contribution in [-0.2, 0) is 4.84 Å². The molecule has 2 fully saturated rings. The van der Waals surface area contributed by atoms with Crippen molar-refractivity contribution in [2.45, 2.75) is 57.8 Å². The molecular weight excluding hydrogens is 186 g/mol. The van der Waals surface area contributed by atoms with E-state index in [9.17, 15) is 0 Å². The molecule has 0 radical (unpaired) electrons. The van der Waals surface area contributed by atoms with Gasteiger partial charge in [-0.3, -0.25) is 4.84 Å². The van der Waals surface area contributed by atoms with E-state index in [-0.39, 0.29) is 0 Å². The van der Waals surface area contributed by atoms with Crippen LogP contribution in [0.3, 0.4) is 0 Å². The van der Waals surface area contributed by atoms with Crippen LogP contribution >= 0.6 is 0 Å². The van der Waals surface area contributed by atoms with Crippen LogP contribution in [0.2, 0.25) is 0 Å². The Morgan fingerprint density at radius 3 is 2.27 bits per heavy atom. The van der Waals surface area contributed by atoms with E-state index in [1.54, 1.807) is 0 Å². The second-order valence-corrected chi connectivity index (χ2v) is 5.12. The molecule has 1 aliphatic carbocycles. The molecule has 0 atom stereocenters. The summed E-state index contributed by atoms with van der Waals surface area (Å²) >= 11 is 0. The lowest BCUT2D eigenvalue weighted by Gasteiger charge is -2.27. The SMILES string of the molecule is C1CCC(CCON2CCCCC2)CC1. The molecule has 0 aromatic carbocycles. The van der Waals surface area contributed by atoms with Crippen LogP contribution in [0.15, 0.2) is 0 Å². The van der Waals surface area contributed by atoms with Crippen LogP contribution < -0.4 is 0 Å². The summed E-state index contributed by atoms with van der Waals surface area (Å²) in [5.74, 6) is 0.962. The maximum atomic E-state index is 5.82. The zero-order chi connectivity index (χ0) is 10.3. The highest BCUT2D eigenvalue weighted by molar-refractivity contribution is 4.65. The molecule has 0 spiro atoms. The van der Waals surface area contributed by atoms with E-state index < -0.39 is 0 Å². The topological polar surface area (TPSA) is 12.5 Å². The first kappa shape index (κ1) is 11.4. The number of piperidine rings is 1. The fourth-order valence-corrected chi connectivity index (χ4v) is 2.82. The number of rotatable bonds is 4. The van der Waals surface area contributed by atoms with Gasteiger partial charge in [0.15, 0.2) is 0 Å². The molecule has 0 N–H and O–H groups in total. The maximum absolute atomic E-state index is 5.82. The lowest BCUT2D eigenvalue weighted by Crippen LogP contribution is -2.30. The molecule has 0 bridgehead atoms. The minimum atomic E-state index is 0.962. The molecule has 2 nitrogen and oxygen atoms in total. The maximum Gasteiger partial charge on any atom is 0.0687 e. The van der Waals surface area contributed by atoms with Crippen molar-refractivity contribution in [2.24, 2.45) is 5.92 Å². The third kappa shape index (κ3) is 4.12. The van der Waals surface area contributed by atoms with E-state index in [0.717, 1.165) is 25.6 Å². The smallest absolute Gasteiger partial charge is 0.0687 e. The summed E-state index contributed by atoms with van der Waals surface area (Å²) < 4.78 is 0.